The lowest BCUT2D eigenvalue weighted by atomic mass is 9.33. The fourth-order valence-electron chi connectivity index (χ4n) is 12.8. The number of carbonyl (C=O) groups is 1. The van der Waals surface area contributed by atoms with Crippen molar-refractivity contribution in [2.24, 2.45) is 56.2 Å². The molecular weight excluding hydrogens is 556 g/mol. The normalized spacial score (nSPS) is 52.9. The summed E-state index contributed by atoms with van der Waals surface area (Å²) < 4.78 is 5.99. The molecule has 0 aromatic carbocycles. The summed E-state index contributed by atoms with van der Waals surface area (Å²) in [7, 11) is 0. The summed E-state index contributed by atoms with van der Waals surface area (Å²) in [4.78, 5) is 12.9. The molecule has 44 heavy (non-hydrogen) atoms. The SMILES string of the molecule is CC1(C)CC[C@]2(C(=O)O)CC[C@]3(C)C(=CCC4[C@@]5(C)CC[C@H](C[C@@H]6OC(CO)[C@H](O)C(O)[C@@H]6O)C(C)(C)C5CC[C@]43C)C2C1. The Labute approximate surface area is 264 Å². The van der Waals surface area contributed by atoms with Crippen LogP contribution in [0.1, 0.15) is 119 Å². The van der Waals surface area contributed by atoms with Gasteiger partial charge in [-0.05, 0) is 121 Å². The summed E-state index contributed by atoms with van der Waals surface area (Å²) in [5.74, 6) is 0.835. The molecule has 7 heteroatoms. The molecule has 4 saturated carbocycles. The third-order valence-electron chi connectivity index (χ3n) is 15.8. The molecule has 0 bridgehead atoms. The lowest BCUT2D eigenvalue weighted by Gasteiger charge is -2.71. The Morgan fingerprint density at radius 1 is 0.841 bits per heavy atom. The van der Waals surface area contributed by atoms with Crippen LogP contribution in [0.5, 0.6) is 0 Å². The highest BCUT2D eigenvalue weighted by Crippen LogP contribution is 2.76. The van der Waals surface area contributed by atoms with Crippen molar-refractivity contribution in [3.8, 4) is 0 Å². The minimum atomic E-state index is -1.33. The average molecular weight is 617 g/mol. The first-order valence-corrected chi connectivity index (χ1v) is 17.6. The molecule has 1 aliphatic heterocycles. The minimum absolute atomic E-state index is 0.00173. The van der Waals surface area contributed by atoms with Crippen LogP contribution in [-0.2, 0) is 9.53 Å². The third-order valence-corrected chi connectivity index (χ3v) is 15.8. The van der Waals surface area contributed by atoms with Crippen LogP contribution in [0, 0.1) is 56.2 Å². The quantitative estimate of drug-likeness (QED) is 0.256. The Kier molecular flexibility index (Phi) is 7.86. The van der Waals surface area contributed by atoms with Crippen LogP contribution in [0.2, 0.25) is 0 Å². The molecule has 6 aliphatic rings. The zero-order valence-electron chi connectivity index (χ0n) is 28.3. The van der Waals surface area contributed by atoms with Gasteiger partial charge in [-0.1, -0.05) is 60.1 Å². The van der Waals surface area contributed by atoms with E-state index in [1.807, 2.05) is 0 Å². The highest BCUT2D eigenvalue weighted by atomic mass is 16.5. The number of hydrogen-bond acceptors (Lipinski definition) is 6. The van der Waals surface area contributed by atoms with Gasteiger partial charge in [0.15, 0.2) is 0 Å². The van der Waals surface area contributed by atoms with E-state index in [-0.39, 0.29) is 38.9 Å². The molecule has 1 heterocycles. The molecule has 6 rings (SSSR count). The summed E-state index contributed by atoms with van der Waals surface area (Å²) in [6.07, 6.45) is 7.70. The Morgan fingerprint density at radius 3 is 2.16 bits per heavy atom. The van der Waals surface area contributed by atoms with Crippen molar-refractivity contribution in [3.05, 3.63) is 11.6 Å². The first-order valence-electron chi connectivity index (χ1n) is 17.6. The number of ether oxygens (including phenoxy) is 1. The first kappa shape index (κ1) is 32.9. The Bertz CT molecular complexity index is 1180. The van der Waals surface area contributed by atoms with Crippen molar-refractivity contribution in [1.82, 2.24) is 0 Å². The summed E-state index contributed by atoms with van der Waals surface area (Å²) in [6, 6.07) is 0. The van der Waals surface area contributed by atoms with Gasteiger partial charge in [0.05, 0.1) is 18.1 Å². The number of rotatable bonds is 4. The molecule has 1 saturated heterocycles. The predicted octanol–water partition coefficient (Wildman–Crippen LogP) is 5.72. The predicted molar refractivity (Wildman–Crippen MR) is 169 cm³/mol. The van der Waals surface area contributed by atoms with Crippen molar-refractivity contribution >= 4 is 5.97 Å². The van der Waals surface area contributed by atoms with Crippen molar-refractivity contribution in [3.63, 3.8) is 0 Å². The van der Waals surface area contributed by atoms with Crippen LogP contribution in [0.4, 0.5) is 0 Å². The molecular formula is C37H60O7. The number of hydrogen-bond donors (Lipinski definition) is 5. The smallest absolute Gasteiger partial charge is 0.310 e. The van der Waals surface area contributed by atoms with E-state index in [0.717, 1.165) is 64.2 Å². The Morgan fingerprint density at radius 2 is 1.50 bits per heavy atom. The minimum Gasteiger partial charge on any atom is -0.481 e. The number of aliphatic hydroxyl groups excluding tert-OH is 4. The molecule has 7 nitrogen and oxygen atoms in total. The zero-order valence-corrected chi connectivity index (χ0v) is 28.3. The molecule has 5 unspecified atom stereocenters. The van der Waals surface area contributed by atoms with Crippen LogP contribution in [-0.4, -0.2) is 68.6 Å². The number of carboxylic acid groups (broad SMARTS) is 1. The second-order valence-corrected chi connectivity index (χ2v) is 18.3. The molecule has 0 aromatic rings. The van der Waals surface area contributed by atoms with Gasteiger partial charge in [0.2, 0.25) is 0 Å². The van der Waals surface area contributed by atoms with Crippen LogP contribution < -0.4 is 0 Å². The molecule has 5 fully saturated rings. The number of carboxylic acids is 1. The van der Waals surface area contributed by atoms with Crippen LogP contribution in [0.15, 0.2) is 11.6 Å². The monoisotopic (exact) mass is 616 g/mol. The topological polar surface area (TPSA) is 127 Å². The summed E-state index contributed by atoms with van der Waals surface area (Å²) in [6.45, 7) is 16.6. The van der Waals surface area contributed by atoms with E-state index in [4.69, 9.17) is 4.74 Å². The van der Waals surface area contributed by atoms with Crippen molar-refractivity contribution in [2.75, 3.05) is 6.61 Å². The van der Waals surface area contributed by atoms with Gasteiger partial charge in [-0.2, -0.15) is 0 Å². The summed E-state index contributed by atoms with van der Waals surface area (Å²) in [5.41, 5.74) is 1.24. The van der Waals surface area contributed by atoms with Crippen molar-refractivity contribution in [2.45, 2.75) is 150 Å². The highest BCUT2D eigenvalue weighted by Gasteiger charge is 2.69. The molecule has 0 aromatic heterocycles. The maximum absolute atomic E-state index is 12.9. The van der Waals surface area contributed by atoms with E-state index < -0.39 is 48.5 Å². The molecule has 13 atom stereocenters. The van der Waals surface area contributed by atoms with Gasteiger partial charge < -0.3 is 30.3 Å². The Hall–Kier alpha value is -0.990. The number of allylic oxidation sites excluding steroid dienone is 2. The molecule has 250 valence electrons. The lowest BCUT2D eigenvalue weighted by molar-refractivity contribution is -0.241. The average Bonchev–Trinajstić information content (AvgIpc) is 2.94. The van der Waals surface area contributed by atoms with Gasteiger partial charge in [0.1, 0.15) is 24.4 Å². The molecule has 0 amide bonds. The van der Waals surface area contributed by atoms with Gasteiger partial charge >= 0.3 is 5.97 Å². The fourth-order valence-corrected chi connectivity index (χ4v) is 12.8. The van der Waals surface area contributed by atoms with Gasteiger partial charge in [0.25, 0.3) is 0 Å². The van der Waals surface area contributed by atoms with Gasteiger partial charge in [0, 0.05) is 0 Å². The van der Waals surface area contributed by atoms with E-state index >= 15 is 0 Å². The number of aliphatic hydroxyl groups is 4. The molecule has 0 spiro atoms. The van der Waals surface area contributed by atoms with Crippen LogP contribution >= 0.6 is 0 Å². The second-order valence-electron chi connectivity index (χ2n) is 18.3. The van der Waals surface area contributed by atoms with Crippen molar-refractivity contribution in [1.29, 1.82) is 0 Å². The molecule has 5 N–H and O–H groups in total. The Balaban J connectivity index is 1.29. The lowest BCUT2D eigenvalue weighted by Crippen LogP contribution is -2.65. The standard InChI is InChI=1S/C37H60O7/c1-32(2)14-16-37(31(42)43)17-15-35(6)22(23(37)19-32)8-9-27-34(5)12-10-21(33(3,4)26(34)11-13-36(27,35)7)18-24-28(39)30(41)29(40)25(20-38)44-24/h8,21,23-30,38-41H,9-20H2,1-7H3,(H,42,43)/t21-,23?,24+,25?,26?,27?,28-,29+,30?,34+,35-,36-,37+/m1/s1. The number of fused-ring (bicyclic) bond motifs is 7. The van der Waals surface area contributed by atoms with E-state index in [0.29, 0.717) is 18.3 Å². The third kappa shape index (κ3) is 4.41. The fraction of sp³-hybridized carbons (Fsp3) is 0.919. The highest BCUT2D eigenvalue weighted by molar-refractivity contribution is 5.76. The van der Waals surface area contributed by atoms with E-state index in [2.05, 4.69) is 54.5 Å². The first-order chi connectivity index (χ1) is 20.4. The maximum atomic E-state index is 12.9. The zero-order chi connectivity index (χ0) is 32.3. The van der Waals surface area contributed by atoms with Crippen LogP contribution in [0.25, 0.3) is 0 Å². The largest absolute Gasteiger partial charge is 0.481 e. The molecule has 0 radical (unpaired) electrons. The van der Waals surface area contributed by atoms with Crippen LogP contribution in [0.3, 0.4) is 0 Å². The summed E-state index contributed by atoms with van der Waals surface area (Å²) in [5, 5.41) is 52.0. The van der Waals surface area contributed by atoms with E-state index in [1.165, 1.54) is 5.57 Å². The van der Waals surface area contributed by atoms with E-state index in [9.17, 15) is 30.3 Å². The van der Waals surface area contributed by atoms with Gasteiger partial charge in [-0.25, -0.2) is 0 Å². The maximum Gasteiger partial charge on any atom is 0.310 e. The van der Waals surface area contributed by atoms with E-state index in [1.54, 1.807) is 0 Å². The number of aliphatic carboxylic acids is 1. The molecule has 5 aliphatic carbocycles. The van der Waals surface area contributed by atoms with Gasteiger partial charge in [-0.3, -0.25) is 4.79 Å². The summed E-state index contributed by atoms with van der Waals surface area (Å²) >= 11 is 0. The second kappa shape index (κ2) is 10.5. The van der Waals surface area contributed by atoms with Gasteiger partial charge in [-0.15, -0.1) is 0 Å². The van der Waals surface area contributed by atoms with Crippen molar-refractivity contribution < 1.29 is 35.1 Å².